The predicted octanol–water partition coefficient (Wildman–Crippen LogP) is 3.48. The third kappa shape index (κ3) is 3.87. The lowest BCUT2D eigenvalue weighted by atomic mass is 10.1. The number of hydrogen-bond acceptors (Lipinski definition) is 3. The fourth-order valence-corrected chi connectivity index (χ4v) is 3.41. The number of carbonyl (C=O) groups is 1. The maximum absolute atomic E-state index is 11.6. The molecule has 0 radical (unpaired) electrons. The van der Waals surface area contributed by atoms with Gasteiger partial charge in [-0.15, -0.1) is 0 Å². The summed E-state index contributed by atoms with van der Waals surface area (Å²) < 4.78 is 11.6. The Morgan fingerprint density at radius 2 is 2.24 bits per heavy atom. The van der Waals surface area contributed by atoms with Gasteiger partial charge in [0.2, 0.25) is 0 Å². The zero-order chi connectivity index (χ0) is 15.4. The van der Waals surface area contributed by atoms with Crippen LogP contribution < -0.4 is 0 Å². The molecule has 1 aliphatic rings. The van der Waals surface area contributed by atoms with Crippen LogP contribution in [0.25, 0.3) is 0 Å². The molecule has 6 heteroatoms. The molecule has 1 N–H and O–H groups in total. The van der Waals surface area contributed by atoms with Gasteiger partial charge in [0, 0.05) is 22.6 Å². The quantitative estimate of drug-likeness (QED) is 0.558. The van der Waals surface area contributed by atoms with Crippen LogP contribution in [-0.4, -0.2) is 42.3 Å². The number of hydrogen-bond donors (Lipinski definition) is 1. The number of ether oxygens (including phenoxy) is 2. The second-order valence-electron chi connectivity index (χ2n) is 5.06. The number of halogens is 1. The highest BCUT2D eigenvalue weighted by Gasteiger charge is 2.48. The predicted molar refractivity (Wildman–Crippen MR) is 87.2 cm³/mol. The molecule has 2 rings (SSSR count). The molecule has 0 spiro atoms. The summed E-state index contributed by atoms with van der Waals surface area (Å²) in [6.07, 6.45) is 0.0550. The van der Waals surface area contributed by atoms with E-state index in [4.69, 9.17) is 9.47 Å². The molecule has 3 atom stereocenters. The normalized spacial score (nSPS) is 21.9. The molecule has 0 bridgehead atoms. The van der Waals surface area contributed by atoms with Crippen molar-refractivity contribution in [3.8, 4) is 0 Å². The number of benzene rings is 1. The third-order valence-corrected chi connectivity index (χ3v) is 4.66. The molecule has 0 heterocycles. The van der Waals surface area contributed by atoms with Crippen molar-refractivity contribution < 1.29 is 19.4 Å². The van der Waals surface area contributed by atoms with E-state index in [-0.39, 0.29) is 18.8 Å². The summed E-state index contributed by atoms with van der Waals surface area (Å²) in [4.78, 5) is 13.0. The first kappa shape index (κ1) is 16.5. The summed E-state index contributed by atoms with van der Waals surface area (Å²) in [7, 11) is 1.53. The minimum Gasteiger partial charge on any atom is -0.465 e. The highest BCUT2D eigenvalue weighted by molar-refractivity contribution is 14.1. The van der Waals surface area contributed by atoms with Crippen molar-refractivity contribution in [2.24, 2.45) is 0 Å². The van der Waals surface area contributed by atoms with E-state index in [1.165, 1.54) is 21.1 Å². The monoisotopic (exact) mass is 405 g/mol. The molecule has 116 valence electrons. The Bertz CT molecular complexity index is 496. The van der Waals surface area contributed by atoms with Crippen LogP contribution in [-0.2, 0) is 9.47 Å². The maximum atomic E-state index is 11.6. The number of carboxylic acid groups (broad SMARTS) is 1. The Morgan fingerprint density at radius 3 is 2.81 bits per heavy atom. The maximum Gasteiger partial charge on any atom is 0.409 e. The third-order valence-electron chi connectivity index (χ3n) is 3.68. The Balaban J connectivity index is 2.11. The molecule has 1 aliphatic carbocycles. The second-order valence-corrected chi connectivity index (χ2v) is 6.22. The van der Waals surface area contributed by atoms with Gasteiger partial charge in [0.15, 0.2) is 0 Å². The number of methoxy groups -OCH3 is 1. The van der Waals surface area contributed by atoms with Gasteiger partial charge in [-0.25, -0.2) is 4.79 Å². The molecule has 1 unspecified atom stereocenters. The van der Waals surface area contributed by atoms with Gasteiger partial charge in [0.1, 0.15) is 13.0 Å². The van der Waals surface area contributed by atoms with Crippen LogP contribution in [0.5, 0.6) is 0 Å². The Hall–Kier alpha value is -0.860. The molecular formula is C15H20INO4. The van der Waals surface area contributed by atoms with Crippen molar-refractivity contribution in [1.82, 2.24) is 4.90 Å². The van der Waals surface area contributed by atoms with E-state index in [2.05, 4.69) is 34.7 Å². The number of rotatable bonds is 7. The van der Waals surface area contributed by atoms with Crippen LogP contribution in [0.15, 0.2) is 24.3 Å². The van der Waals surface area contributed by atoms with Crippen molar-refractivity contribution in [3.05, 3.63) is 33.4 Å². The highest BCUT2D eigenvalue weighted by atomic mass is 127. The van der Waals surface area contributed by atoms with E-state index in [9.17, 15) is 9.90 Å². The Morgan fingerprint density at radius 1 is 1.52 bits per heavy atom. The molecule has 1 fully saturated rings. The van der Waals surface area contributed by atoms with E-state index < -0.39 is 12.3 Å². The zero-order valence-corrected chi connectivity index (χ0v) is 14.3. The lowest BCUT2D eigenvalue weighted by Gasteiger charge is -2.28. The van der Waals surface area contributed by atoms with E-state index in [0.717, 1.165) is 6.42 Å². The van der Waals surface area contributed by atoms with Gasteiger partial charge < -0.3 is 14.6 Å². The summed E-state index contributed by atoms with van der Waals surface area (Å²) in [5.41, 5.74) is 1.22. The molecule has 1 saturated carbocycles. The SMILES string of the molecule is CCC(OCOC)N(C(=O)O)[C@H]1C[C@H]1c1ccccc1I. The van der Waals surface area contributed by atoms with Crippen LogP contribution in [0.4, 0.5) is 4.79 Å². The van der Waals surface area contributed by atoms with E-state index >= 15 is 0 Å². The Kier molecular flexibility index (Phi) is 5.83. The first-order valence-corrected chi connectivity index (χ1v) is 8.04. The van der Waals surface area contributed by atoms with Crippen molar-refractivity contribution in [2.45, 2.75) is 38.0 Å². The van der Waals surface area contributed by atoms with Crippen LogP contribution in [0.1, 0.15) is 31.2 Å². The second kappa shape index (κ2) is 7.42. The minimum atomic E-state index is -0.934. The largest absolute Gasteiger partial charge is 0.465 e. The molecule has 5 nitrogen and oxygen atoms in total. The fraction of sp³-hybridized carbons (Fsp3) is 0.533. The van der Waals surface area contributed by atoms with Gasteiger partial charge in [-0.3, -0.25) is 4.90 Å². The summed E-state index contributed by atoms with van der Waals surface area (Å²) in [5.74, 6) is 0.259. The van der Waals surface area contributed by atoms with E-state index in [1.54, 1.807) is 0 Å². The summed E-state index contributed by atoms with van der Waals surface area (Å²) in [5, 5.41) is 9.52. The number of amides is 1. The van der Waals surface area contributed by atoms with Gasteiger partial charge in [0.05, 0.1) is 0 Å². The van der Waals surface area contributed by atoms with Gasteiger partial charge in [-0.1, -0.05) is 25.1 Å². The van der Waals surface area contributed by atoms with Crippen LogP contribution in [0.2, 0.25) is 0 Å². The molecule has 0 aliphatic heterocycles. The topological polar surface area (TPSA) is 59.0 Å². The molecule has 21 heavy (non-hydrogen) atoms. The molecule has 0 saturated heterocycles. The van der Waals surface area contributed by atoms with Crippen LogP contribution in [0, 0.1) is 3.57 Å². The van der Waals surface area contributed by atoms with E-state index in [0.29, 0.717) is 6.42 Å². The number of nitrogens with zero attached hydrogens (tertiary/aromatic N) is 1. The van der Waals surface area contributed by atoms with Crippen molar-refractivity contribution in [1.29, 1.82) is 0 Å². The average molecular weight is 405 g/mol. The standard InChI is InChI=1S/C15H20INO4/c1-3-14(21-9-20-2)17(15(18)19)13-8-11(13)10-6-4-5-7-12(10)16/h4-7,11,13-14H,3,8-9H2,1-2H3,(H,18,19)/t11-,13-,14?/m0/s1. The highest BCUT2D eigenvalue weighted by Crippen LogP contribution is 2.47. The molecular weight excluding hydrogens is 385 g/mol. The Labute approximate surface area is 138 Å². The lowest BCUT2D eigenvalue weighted by Crippen LogP contribution is -2.43. The van der Waals surface area contributed by atoms with Crippen LogP contribution >= 0.6 is 22.6 Å². The fourth-order valence-electron chi connectivity index (χ4n) is 2.62. The zero-order valence-electron chi connectivity index (χ0n) is 12.2. The molecule has 0 aromatic heterocycles. The van der Waals surface area contributed by atoms with Gasteiger partial charge in [-0.2, -0.15) is 0 Å². The first-order chi connectivity index (χ1) is 10.1. The molecule has 1 aromatic rings. The minimum absolute atomic E-state index is 0.0137. The van der Waals surface area contributed by atoms with Gasteiger partial charge in [0.25, 0.3) is 0 Å². The smallest absolute Gasteiger partial charge is 0.409 e. The molecule has 1 amide bonds. The van der Waals surface area contributed by atoms with Crippen molar-refractivity contribution in [2.75, 3.05) is 13.9 Å². The summed E-state index contributed by atoms with van der Waals surface area (Å²) in [6.45, 7) is 2.02. The van der Waals surface area contributed by atoms with Crippen LogP contribution in [0.3, 0.4) is 0 Å². The summed E-state index contributed by atoms with van der Waals surface area (Å²) >= 11 is 2.30. The lowest BCUT2D eigenvalue weighted by molar-refractivity contribution is -0.125. The van der Waals surface area contributed by atoms with Gasteiger partial charge in [-0.05, 0) is 47.1 Å². The first-order valence-electron chi connectivity index (χ1n) is 6.96. The molecule has 1 aromatic carbocycles. The average Bonchev–Trinajstić information content (AvgIpc) is 3.23. The van der Waals surface area contributed by atoms with Crippen molar-refractivity contribution in [3.63, 3.8) is 0 Å². The van der Waals surface area contributed by atoms with Gasteiger partial charge >= 0.3 is 6.09 Å². The van der Waals surface area contributed by atoms with Crippen molar-refractivity contribution >= 4 is 28.7 Å². The van der Waals surface area contributed by atoms with E-state index in [1.807, 2.05) is 19.1 Å². The summed E-state index contributed by atoms with van der Waals surface area (Å²) in [6, 6.07) is 8.10.